The highest BCUT2D eigenvalue weighted by atomic mass is 79.9. The Labute approximate surface area is 100 Å². The average molecular weight is 321 g/mol. The van der Waals surface area contributed by atoms with E-state index in [2.05, 4.69) is 38.4 Å². The first-order chi connectivity index (χ1) is 6.63. The zero-order valence-electron chi connectivity index (χ0n) is 7.59. The van der Waals surface area contributed by atoms with Gasteiger partial charge in [-0.3, -0.25) is 0 Å². The van der Waals surface area contributed by atoms with Crippen LogP contribution < -0.4 is 10.5 Å². The van der Waals surface area contributed by atoms with Gasteiger partial charge in [-0.15, -0.1) is 0 Å². The van der Waals surface area contributed by atoms with Crippen LogP contribution in [0.4, 0.5) is 0 Å². The Balaban J connectivity index is 2.63. The predicted molar refractivity (Wildman–Crippen MR) is 65.5 cm³/mol. The van der Waals surface area contributed by atoms with Crippen LogP contribution in [0.2, 0.25) is 0 Å². The Morgan fingerprint density at radius 3 is 2.71 bits per heavy atom. The fourth-order valence-electron chi connectivity index (χ4n) is 0.831. The van der Waals surface area contributed by atoms with Crippen molar-refractivity contribution in [3.05, 3.63) is 39.3 Å². The molecular weight excluding hydrogens is 310 g/mol. The summed E-state index contributed by atoms with van der Waals surface area (Å²) < 4.78 is 7.42. The highest BCUT2D eigenvalue weighted by molar-refractivity contribution is 9.11. The minimum Gasteiger partial charge on any atom is -0.488 e. The Morgan fingerprint density at radius 1 is 1.43 bits per heavy atom. The molecule has 0 saturated heterocycles. The van der Waals surface area contributed by atoms with E-state index in [0.717, 1.165) is 20.3 Å². The van der Waals surface area contributed by atoms with Crippen LogP contribution >= 0.6 is 31.9 Å². The molecule has 1 aromatic rings. The van der Waals surface area contributed by atoms with E-state index in [-0.39, 0.29) is 0 Å². The van der Waals surface area contributed by atoms with Gasteiger partial charge in [0.2, 0.25) is 0 Å². The lowest BCUT2D eigenvalue weighted by Crippen LogP contribution is -2.09. The number of rotatable bonds is 4. The standard InChI is InChI=1S/C10H11Br2NO/c1-7(5-13)6-14-10-3-2-8(11)4-9(10)12/h2-4H,1,5-6,13H2. The number of nitrogens with two attached hydrogens (primary N) is 1. The highest BCUT2D eigenvalue weighted by Crippen LogP contribution is 2.28. The summed E-state index contributed by atoms with van der Waals surface area (Å²) in [5.74, 6) is 0.794. The Bertz CT molecular complexity index is 339. The maximum Gasteiger partial charge on any atom is 0.134 e. The van der Waals surface area contributed by atoms with Crippen molar-refractivity contribution in [3.63, 3.8) is 0 Å². The molecule has 0 bridgehead atoms. The van der Waals surface area contributed by atoms with Crippen molar-refractivity contribution in [2.45, 2.75) is 0 Å². The molecule has 0 heterocycles. The van der Waals surface area contributed by atoms with Crippen LogP contribution in [0.5, 0.6) is 5.75 Å². The van der Waals surface area contributed by atoms with Gasteiger partial charge in [0, 0.05) is 11.0 Å². The molecule has 1 rings (SSSR count). The molecule has 14 heavy (non-hydrogen) atoms. The van der Waals surface area contributed by atoms with Crippen molar-refractivity contribution < 1.29 is 4.74 Å². The summed E-state index contributed by atoms with van der Waals surface area (Å²) in [5.41, 5.74) is 6.27. The molecule has 0 aromatic heterocycles. The predicted octanol–water partition coefficient (Wildman–Crippen LogP) is 3.11. The summed E-state index contributed by atoms with van der Waals surface area (Å²) in [6.45, 7) is 4.67. The minimum absolute atomic E-state index is 0.453. The lowest BCUT2D eigenvalue weighted by Gasteiger charge is -2.08. The minimum atomic E-state index is 0.453. The molecule has 2 nitrogen and oxygen atoms in total. The molecule has 0 unspecified atom stereocenters. The number of ether oxygens (including phenoxy) is 1. The van der Waals surface area contributed by atoms with E-state index >= 15 is 0 Å². The fourth-order valence-corrected chi connectivity index (χ4v) is 1.99. The summed E-state index contributed by atoms with van der Waals surface area (Å²) in [4.78, 5) is 0. The second-order valence-electron chi connectivity index (χ2n) is 2.82. The molecule has 0 fully saturated rings. The van der Waals surface area contributed by atoms with Gasteiger partial charge in [-0.05, 0) is 39.7 Å². The third-order valence-electron chi connectivity index (χ3n) is 1.61. The quantitative estimate of drug-likeness (QED) is 0.865. The topological polar surface area (TPSA) is 35.2 Å². The smallest absolute Gasteiger partial charge is 0.134 e. The molecule has 0 aliphatic rings. The molecule has 4 heteroatoms. The lowest BCUT2D eigenvalue weighted by atomic mass is 10.3. The summed E-state index contributed by atoms with van der Waals surface area (Å²) in [7, 11) is 0. The van der Waals surface area contributed by atoms with Crippen LogP contribution in [0, 0.1) is 0 Å². The van der Waals surface area contributed by atoms with Gasteiger partial charge in [0.1, 0.15) is 12.4 Å². The van der Waals surface area contributed by atoms with Gasteiger partial charge in [-0.25, -0.2) is 0 Å². The molecule has 76 valence electrons. The zero-order chi connectivity index (χ0) is 10.6. The van der Waals surface area contributed by atoms with Crippen LogP contribution in [0.15, 0.2) is 39.3 Å². The van der Waals surface area contributed by atoms with Gasteiger partial charge in [0.05, 0.1) is 4.47 Å². The monoisotopic (exact) mass is 319 g/mol. The molecular formula is C10H11Br2NO. The van der Waals surface area contributed by atoms with Crippen LogP contribution in [-0.4, -0.2) is 13.2 Å². The first kappa shape index (κ1) is 11.8. The third kappa shape index (κ3) is 3.44. The van der Waals surface area contributed by atoms with Gasteiger partial charge >= 0.3 is 0 Å². The van der Waals surface area contributed by atoms with Crippen molar-refractivity contribution in [2.75, 3.05) is 13.2 Å². The average Bonchev–Trinajstić information content (AvgIpc) is 2.16. The van der Waals surface area contributed by atoms with E-state index < -0.39 is 0 Å². The van der Waals surface area contributed by atoms with E-state index in [1.54, 1.807) is 0 Å². The largest absolute Gasteiger partial charge is 0.488 e. The molecule has 0 amide bonds. The first-order valence-electron chi connectivity index (χ1n) is 4.08. The molecule has 0 radical (unpaired) electrons. The lowest BCUT2D eigenvalue weighted by molar-refractivity contribution is 0.348. The van der Waals surface area contributed by atoms with Crippen LogP contribution in [0.25, 0.3) is 0 Å². The number of benzene rings is 1. The van der Waals surface area contributed by atoms with Gasteiger partial charge in [-0.2, -0.15) is 0 Å². The third-order valence-corrected chi connectivity index (χ3v) is 2.73. The van der Waals surface area contributed by atoms with Crippen molar-refractivity contribution in [3.8, 4) is 5.75 Å². The van der Waals surface area contributed by atoms with E-state index in [0.29, 0.717) is 13.2 Å². The molecule has 1 aromatic carbocycles. The van der Waals surface area contributed by atoms with E-state index in [9.17, 15) is 0 Å². The Morgan fingerprint density at radius 2 is 2.14 bits per heavy atom. The van der Waals surface area contributed by atoms with Crippen molar-refractivity contribution in [1.29, 1.82) is 0 Å². The SMILES string of the molecule is C=C(CN)COc1ccc(Br)cc1Br. The highest BCUT2D eigenvalue weighted by Gasteiger charge is 2.01. The molecule has 0 atom stereocenters. The maximum absolute atomic E-state index is 5.50. The van der Waals surface area contributed by atoms with Crippen LogP contribution in [0.3, 0.4) is 0 Å². The maximum atomic E-state index is 5.50. The second kappa shape index (κ2) is 5.53. The normalized spacial score (nSPS) is 9.93. The van der Waals surface area contributed by atoms with Crippen molar-refractivity contribution >= 4 is 31.9 Å². The fraction of sp³-hybridized carbons (Fsp3) is 0.200. The van der Waals surface area contributed by atoms with Crippen molar-refractivity contribution in [1.82, 2.24) is 0 Å². The van der Waals surface area contributed by atoms with Gasteiger partial charge < -0.3 is 10.5 Å². The molecule has 0 aliphatic heterocycles. The summed E-state index contributed by atoms with van der Waals surface area (Å²) >= 11 is 6.77. The number of hydrogen-bond acceptors (Lipinski definition) is 2. The van der Waals surface area contributed by atoms with E-state index in [4.69, 9.17) is 10.5 Å². The summed E-state index contributed by atoms with van der Waals surface area (Å²) in [5, 5.41) is 0. The molecule has 2 N–H and O–H groups in total. The molecule has 0 saturated carbocycles. The van der Waals surface area contributed by atoms with Gasteiger partial charge in [0.15, 0.2) is 0 Å². The summed E-state index contributed by atoms with van der Waals surface area (Å²) in [6.07, 6.45) is 0. The Hall–Kier alpha value is -0.320. The van der Waals surface area contributed by atoms with Crippen LogP contribution in [0.1, 0.15) is 0 Å². The number of hydrogen-bond donors (Lipinski definition) is 1. The van der Waals surface area contributed by atoms with Gasteiger partial charge in [0.25, 0.3) is 0 Å². The summed E-state index contributed by atoms with van der Waals surface area (Å²) in [6, 6.07) is 5.74. The van der Waals surface area contributed by atoms with E-state index in [1.807, 2.05) is 18.2 Å². The Kier molecular flexibility index (Phi) is 4.65. The van der Waals surface area contributed by atoms with Gasteiger partial charge in [-0.1, -0.05) is 22.5 Å². The van der Waals surface area contributed by atoms with Crippen LogP contribution in [-0.2, 0) is 0 Å². The van der Waals surface area contributed by atoms with E-state index in [1.165, 1.54) is 0 Å². The molecule has 0 spiro atoms. The number of halogens is 2. The zero-order valence-corrected chi connectivity index (χ0v) is 10.8. The molecule has 0 aliphatic carbocycles. The first-order valence-corrected chi connectivity index (χ1v) is 5.66. The van der Waals surface area contributed by atoms with Crippen molar-refractivity contribution in [2.24, 2.45) is 5.73 Å². The second-order valence-corrected chi connectivity index (χ2v) is 4.59.